The van der Waals surface area contributed by atoms with Crippen molar-refractivity contribution in [1.82, 2.24) is 0 Å². The van der Waals surface area contributed by atoms with Gasteiger partial charge in [-0.3, -0.25) is 0 Å². The standard InChI is InChI=1S/C24H17Br/c25-24-16-14-23(15-17-24)22-12-10-21(11-13-22)20-8-6-19(7-9-20)18-4-2-1-3-5-18/h1-17H. The molecule has 1 heteroatoms. The molecule has 0 heterocycles. The smallest absolute Gasteiger partial charge is 0.0175 e. The third kappa shape index (κ3) is 3.57. The van der Waals surface area contributed by atoms with E-state index in [4.69, 9.17) is 0 Å². The Bertz CT molecular complexity index is 951. The van der Waals surface area contributed by atoms with Crippen LogP contribution in [-0.2, 0) is 0 Å². The van der Waals surface area contributed by atoms with E-state index < -0.39 is 0 Å². The number of hydrogen-bond donors (Lipinski definition) is 0. The molecule has 0 bridgehead atoms. The van der Waals surface area contributed by atoms with Crippen LogP contribution in [-0.4, -0.2) is 0 Å². The van der Waals surface area contributed by atoms with E-state index in [1.807, 2.05) is 6.07 Å². The maximum atomic E-state index is 3.48. The van der Waals surface area contributed by atoms with Crippen LogP contribution in [0.3, 0.4) is 0 Å². The Balaban J connectivity index is 1.59. The van der Waals surface area contributed by atoms with Crippen molar-refractivity contribution in [3.8, 4) is 33.4 Å². The normalized spacial score (nSPS) is 10.6. The minimum Gasteiger partial charge on any atom is -0.0622 e. The van der Waals surface area contributed by atoms with Gasteiger partial charge in [0, 0.05) is 4.47 Å². The average molecular weight is 385 g/mol. The molecule has 4 aromatic carbocycles. The van der Waals surface area contributed by atoms with Gasteiger partial charge in [-0.1, -0.05) is 107 Å². The number of rotatable bonds is 3. The number of halogens is 1. The SMILES string of the molecule is Brc1ccc(-c2ccc(-c3ccc(-c4ccccc4)cc3)cc2)cc1. The molecule has 0 radical (unpaired) electrons. The van der Waals surface area contributed by atoms with E-state index in [9.17, 15) is 0 Å². The first-order chi connectivity index (χ1) is 12.3. The van der Waals surface area contributed by atoms with Crippen molar-refractivity contribution in [2.45, 2.75) is 0 Å². The van der Waals surface area contributed by atoms with Crippen molar-refractivity contribution in [2.24, 2.45) is 0 Å². The Kier molecular flexibility index (Phi) is 4.49. The van der Waals surface area contributed by atoms with Crippen LogP contribution in [0.1, 0.15) is 0 Å². The molecule has 0 aromatic heterocycles. The summed E-state index contributed by atoms with van der Waals surface area (Å²) >= 11 is 3.48. The van der Waals surface area contributed by atoms with Crippen LogP contribution in [0.4, 0.5) is 0 Å². The van der Waals surface area contributed by atoms with Gasteiger partial charge in [-0.2, -0.15) is 0 Å². The van der Waals surface area contributed by atoms with E-state index in [0.29, 0.717) is 0 Å². The maximum Gasteiger partial charge on any atom is 0.0175 e. The fourth-order valence-corrected chi connectivity index (χ4v) is 3.25. The first kappa shape index (κ1) is 15.9. The Labute approximate surface area is 156 Å². The molecule has 0 aliphatic carbocycles. The predicted octanol–water partition coefficient (Wildman–Crippen LogP) is 7.45. The Hall–Kier alpha value is -2.64. The lowest BCUT2D eigenvalue weighted by atomic mass is 9.98. The zero-order valence-electron chi connectivity index (χ0n) is 13.7. The quantitative estimate of drug-likeness (QED) is 0.344. The summed E-state index contributed by atoms with van der Waals surface area (Å²) < 4.78 is 1.10. The summed E-state index contributed by atoms with van der Waals surface area (Å²) in [5.74, 6) is 0. The van der Waals surface area contributed by atoms with E-state index in [2.05, 4.69) is 113 Å². The molecule has 0 spiro atoms. The molecule has 0 saturated carbocycles. The lowest BCUT2D eigenvalue weighted by molar-refractivity contribution is 1.57. The van der Waals surface area contributed by atoms with Crippen LogP contribution in [0, 0.1) is 0 Å². The van der Waals surface area contributed by atoms with Crippen molar-refractivity contribution < 1.29 is 0 Å². The molecule has 0 N–H and O–H groups in total. The molecular weight excluding hydrogens is 368 g/mol. The van der Waals surface area contributed by atoms with Gasteiger partial charge in [0.1, 0.15) is 0 Å². The topological polar surface area (TPSA) is 0 Å². The molecule has 4 aromatic rings. The van der Waals surface area contributed by atoms with Crippen molar-refractivity contribution >= 4 is 15.9 Å². The van der Waals surface area contributed by atoms with Crippen molar-refractivity contribution in [3.05, 3.63) is 108 Å². The van der Waals surface area contributed by atoms with Crippen LogP contribution < -0.4 is 0 Å². The summed E-state index contributed by atoms with van der Waals surface area (Å²) in [5, 5.41) is 0. The monoisotopic (exact) mass is 384 g/mol. The minimum absolute atomic E-state index is 1.10. The average Bonchev–Trinajstić information content (AvgIpc) is 2.70. The lowest BCUT2D eigenvalue weighted by Crippen LogP contribution is -1.82. The van der Waals surface area contributed by atoms with E-state index in [-0.39, 0.29) is 0 Å². The van der Waals surface area contributed by atoms with Gasteiger partial charge in [-0.05, 0) is 45.5 Å². The molecular formula is C24H17Br. The van der Waals surface area contributed by atoms with Gasteiger partial charge in [0.2, 0.25) is 0 Å². The van der Waals surface area contributed by atoms with Gasteiger partial charge in [0.05, 0.1) is 0 Å². The predicted molar refractivity (Wildman–Crippen MR) is 110 cm³/mol. The molecule has 0 unspecified atom stereocenters. The van der Waals surface area contributed by atoms with Crippen molar-refractivity contribution in [1.29, 1.82) is 0 Å². The maximum absolute atomic E-state index is 3.48. The Morgan fingerprint density at radius 3 is 0.960 bits per heavy atom. The van der Waals surface area contributed by atoms with Crippen molar-refractivity contribution in [3.63, 3.8) is 0 Å². The van der Waals surface area contributed by atoms with Gasteiger partial charge in [-0.15, -0.1) is 0 Å². The van der Waals surface area contributed by atoms with Gasteiger partial charge < -0.3 is 0 Å². The first-order valence-corrected chi connectivity index (χ1v) is 9.11. The summed E-state index contributed by atoms with van der Waals surface area (Å²) in [6.07, 6.45) is 0. The third-order valence-corrected chi connectivity index (χ3v) is 4.92. The highest BCUT2D eigenvalue weighted by Crippen LogP contribution is 2.28. The largest absolute Gasteiger partial charge is 0.0622 e. The number of hydrogen-bond acceptors (Lipinski definition) is 0. The highest BCUT2D eigenvalue weighted by Gasteiger charge is 2.02. The van der Waals surface area contributed by atoms with Crippen LogP contribution in [0.25, 0.3) is 33.4 Å². The fraction of sp³-hybridized carbons (Fsp3) is 0. The lowest BCUT2D eigenvalue weighted by Gasteiger charge is -2.07. The highest BCUT2D eigenvalue weighted by atomic mass is 79.9. The zero-order chi connectivity index (χ0) is 17.1. The van der Waals surface area contributed by atoms with Gasteiger partial charge in [-0.25, -0.2) is 0 Å². The fourth-order valence-electron chi connectivity index (χ4n) is 2.98. The molecule has 0 aliphatic heterocycles. The van der Waals surface area contributed by atoms with Crippen LogP contribution >= 0.6 is 15.9 Å². The van der Waals surface area contributed by atoms with Crippen molar-refractivity contribution in [2.75, 3.05) is 0 Å². The van der Waals surface area contributed by atoms with Gasteiger partial charge >= 0.3 is 0 Å². The van der Waals surface area contributed by atoms with Gasteiger partial charge in [0.15, 0.2) is 0 Å². The molecule has 0 aliphatic rings. The third-order valence-electron chi connectivity index (χ3n) is 4.39. The molecule has 120 valence electrons. The van der Waals surface area contributed by atoms with E-state index in [0.717, 1.165) is 4.47 Å². The van der Waals surface area contributed by atoms with Crippen LogP contribution in [0.2, 0.25) is 0 Å². The highest BCUT2D eigenvalue weighted by molar-refractivity contribution is 9.10. The summed E-state index contributed by atoms with van der Waals surface area (Å²) in [7, 11) is 0. The minimum atomic E-state index is 1.10. The summed E-state index contributed by atoms with van der Waals surface area (Å²) in [6, 6.07) is 36.4. The van der Waals surface area contributed by atoms with E-state index >= 15 is 0 Å². The number of benzene rings is 4. The molecule has 0 fully saturated rings. The second kappa shape index (κ2) is 7.08. The zero-order valence-corrected chi connectivity index (χ0v) is 15.3. The molecule has 0 nitrogen and oxygen atoms in total. The van der Waals surface area contributed by atoms with Gasteiger partial charge in [0.25, 0.3) is 0 Å². The molecule has 4 rings (SSSR count). The van der Waals surface area contributed by atoms with E-state index in [1.165, 1.54) is 33.4 Å². The summed E-state index contributed by atoms with van der Waals surface area (Å²) in [4.78, 5) is 0. The molecule has 0 atom stereocenters. The van der Waals surface area contributed by atoms with Crippen LogP contribution in [0.5, 0.6) is 0 Å². The Morgan fingerprint density at radius 2 is 0.600 bits per heavy atom. The molecule has 25 heavy (non-hydrogen) atoms. The molecule has 0 amide bonds. The van der Waals surface area contributed by atoms with E-state index in [1.54, 1.807) is 0 Å². The van der Waals surface area contributed by atoms with Crippen LogP contribution in [0.15, 0.2) is 108 Å². The first-order valence-electron chi connectivity index (χ1n) is 8.31. The second-order valence-electron chi connectivity index (χ2n) is 6.03. The summed E-state index contributed by atoms with van der Waals surface area (Å²) in [5.41, 5.74) is 7.43. The molecule has 0 saturated heterocycles. The summed E-state index contributed by atoms with van der Waals surface area (Å²) in [6.45, 7) is 0. The second-order valence-corrected chi connectivity index (χ2v) is 6.94. The Morgan fingerprint density at radius 1 is 0.320 bits per heavy atom.